The summed E-state index contributed by atoms with van der Waals surface area (Å²) < 4.78 is 3.54. The standard InChI is InChI=1S/C11H17N5O/c1-2-15-7-4-11(14-15)12-8-10(17)9-16-6-3-5-13-16/h3-7,10,17H,2,8-9H2,1H3,(H,12,14). The van der Waals surface area contributed by atoms with Crippen LogP contribution < -0.4 is 5.32 Å². The van der Waals surface area contributed by atoms with Crippen molar-refractivity contribution in [2.45, 2.75) is 26.1 Å². The van der Waals surface area contributed by atoms with Crippen molar-refractivity contribution in [2.24, 2.45) is 0 Å². The van der Waals surface area contributed by atoms with Crippen molar-refractivity contribution < 1.29 is 5.11 Å². The van der Waals surface area contributed by atoms with Gasteiger partial charge in [-0.05, 0) is 13.0 Å². The molecule has 6 nitrogen and oxygen atoms in total. The van der Waals surface area contributed by atoms with Crippen LogP contribution in [0.1, 0.15) is 6.92 Å². The fourth-order valence-electron chi connectivity index (χ4n) is 1.54. The minimum Gasteiger partial charge on any atom is -0.389 e. The zero-order chi connectivity index (χ0) is 12.1. The number of hydrogen-bond donors (Lipinski definition) is 2. The molecule has 6 heteroatoms. The maximum absolute atomic E-state index is 9.79. The molecule has 0 aromatic carbocycles. The summed E-state index contributed by atoms with van der Waals surface area (Å²) in [6.07, 6.45) is 4.95. The van der Waals surface area contributed by atoms with Gasteiger partial charge in [0.2, 0.25) is 0 Å². The van der Waals surface area contributed by atoms with E-state index in [4.69, 9.17) is 0 Å². The van der Waals surface area contributed by atoms with Crippen LogP contribution in [0.25, 0.3) is 0 Å². The summed E-state index contributed by atoms with van der Waals surface area (Å²) in [7, 11) is 0. The van der Waals surface area contributed by atoms with Crippen molar-refractivity contribution in [2.75, 3.05) is 11.9 Å². The molecule has 0 amide bonds. The molecule has 0 fully saturated rings. The second kappa shape index (κ2) is 5.49. The third-order valence-corrected chi connectivity index (χ3v) is 2.44. The molecule has 17 heavy (non-hydrogen) atoms. The van der Waals surface area contributed by atoms with Crippen LogP contribution in [-0.4, -0.2) is 37.3 Å². The number of nitrogens with zero attached hydrogens (tertiary/aromatic N) is 4. The first-order valence-electron chi connectivity index (χ1n) is 5.70. The van der Waals surface area contributed by atoms with Crippen LogP contribution in [0.2, 0.25) is 0 Å². The highest BCUT2D eigenvalue weighted by atomic mass is 16.3. The molecule has 2 aromatic rings. The molecular weight excluding hydrogens is 218 g/mol. The van der Waals surface area contributed by atoms with Crippen LogP contribution in [0, 0.1) is 0 Å². The van der Waals surface area contributed by atoms with E-state index in [0.29, 0.717) is 13.1 Å². The molecule has 92 valence electrons. The second-order valence-electron chi connectivity index (χ2n) is 3.82. The third kappa shape index (κ3) is 3.32. The molecule has 1 unspecified atom stereocenters. The summed E-state index contributed by atoms with van der Waals surface area (Å²) in [5.41, 5.74) is 0. The van der Waals surface area contributed by atoms with E-state index in [9.17, 15) is 5.11 Å². The van der Waals surface area contributed by atoms with Crippen LogP contribution in [0.15, 0.2) is 30.7 Å². The molecule has 2 N–H and O–H groups in total. The average Bonchev–Trinajstić information content (AvgIpc) is 2.96. The Hall–Kier alpha value is -1.82. The summed E-state index contributed by atoms with van der Waals surface area (Å²) in [4.78, 5) is 0. The van der Waals surface area contributed by atoms with E-state index in [1.165, 1.54) is 0 Å². The van der Waals surface area contributed by atoms with E-state index < -0.39 is 6.10 Å². The van der Waals surface area contributed by atoms with E-state index in [1.807, 2.05) is 36.1 Å². The molecule has 0 aliphatic heterocycles. The Kier molecular flexibility index (Phi) is 3.77. The van der Waals surface area contributed by atoms with Gasteiger partial charge in [0.1, 0.15) is 5.82 Å². The Morgan fingerprint density at radius 2 is 2.29 bits per heavy atom. The topological polar surface area (TPSA) is 67.9 Å². The number of anilines is 1. The van der Waals surface area contributed by atoms with E-state index in [0.717, 1.165) is 12.4 Å². The maximum Gasteiger partial charge on any atom is 0.148 e. The Morgan fingerprint density at radius 3 is 2.94 bits per heavy atom. The molecule has 0 saturated heterocycles. The second-order valence-corrected chi connectivity index (χ2v) is 3.82. The largest absolute Gasteiger partial charge is 0.389 e. The van der Waals surface area contributed by atoms with E-state index >= 15 is 0 Å². The minimum atomic E-state index is -0.485. The van der Waals surface area contributed by atoms with Gasteiger partial charge in [-0.3, -0.25) is 9.36 Å². The number of hydrogen-bond acceptors (Lipinski definition) is 4. The van der Waals surface area contributed by atoms with Crippen molar-refractivity contribution in [3.63, 3.8) is 0 Å². The van der Waals surface area contributed by atoms with Crippen LogP contribution in [0.3, 0.4) is 0 Å². The van der Waals surface area contributed by atoms with Gasteiger partial charge in [-0.2, -0.15) is 10.2 Å². The molecule has 0 saturated carbocycles. The molecule has 0 aliphatic carbocycles. The normalized spacial score (nSPS) is 12.6. The van der Waals surface area contributed by atoms with Gasteiger partial charge in [0.25, 0.3) is 0 Å². The van der Waals surface area contributed by atoms with Gasteiger partial charge in [0, 0.05) is 37.7 Å². The Bertz CT molecular complexity index is 436. The van der Waals surface area contributed by atoms with E-state index in [1.54, 1.807) is 10.9 Å². The Morgan fingerprint density at radius 1 is 1.41 bits per heavy atom. The van der Waals surface area contributed by atoms with Crippen LogP contribution in [-0.2, 0) is 13.1 Å². The molecule has 2 rings (SSSR count). The van der Waals surface area contributed by atoms with Crippen molar-refractivity contribution in [3.05, 3.63) is 30.7 Å². The molecule has 0 spiro atoms. The number of aliphatic hydroxyl groups excluding tert-OH is 1. The first kappa shape index (κ1) is 11.7. The Labute approximate surface area is 99.9 Å². The first-order chi connectivity index (χ1) is 8.28. The predicted octanol–water partition coefficient (Wildman–Crippen LogP) is 0.572. The van der Waals surface area contributed by atoms with Gasteiger partial charge in [-0.25, -0.2) is 0 Å². The van der Waals surface area contributed by atoms with Crippen LogP contribution in [0.5, 0.6) is 0 Å². The SMILES string of the molecule is CCn1ccc(NCC(O)Cn2cccn2)n1. The van der Waals surface area contributed by atoms with Crippen molar-refractivity contribution in [1.82, 2.24) is 19.6 Å². The average molecular weight is 235 g/mol. The number of rotatable bonds is 6. The summed E-state index contributed by atoms with van der Waals surface area (Å²) in [6.45, 7) is 3.82. The van der Waals surface area contributed by atoms with Crippen molar-refractivity contribution in [1.29, 1.82) is 0 Å². The zero-order valence-corrected chi connectivity index (χ0v) is 9.82. The highest BCUT2D eigenvalue weighted by Gasteiger charge is 2.06. The molecule has 2 aromatic heterocycles. The number of aromatic nitrogens is 4. The van der Waals surface area contributed by atoms with Gasteiger partial charge < -0.3 is 10.4 Å². The zero-order valence-electron chi connectivity index (χ0n) is 9.82. The van der Waals surface area contributed by atoms with Gasteiger partial charge in [0.15, 0.2) is 0 Å². The fraction of sp³-hybridized carbons (Fsp3) is 0.455. The van der Waals surface area contributed by atoms with Crippen LogP contribution >= 0.6 is 0 Å². The fourth-order valence-corrected chi connectivity index (χ4v) is 1.54. The van der Waals surface area contributed by atoms with Crippen molar-refractivity contribution >= 4 is 5.82 Å². The van der Waals surface area contributed by atoms with Crippen molar-refractivity contribution in [3.8, 4) is 0 Å². The molecule has 0 radical (unpaired) electrons. The summed E-state index contributed by atoms with van der Waals surface area (Å²) in [6, 6.07) is 3.73. The lowest BCUT2D eigenvalue weighted by Crippen LogP contribution is -2.25. The summed E-state index contributed by atoms with van der Waals surface area (Å²) in [5.74, 6) is 0.784. The van der Waals surface area contributed by atoms with E-state index in [-0.39, 0.29) is 0 Å². The monoisotopic (exact) mass is 235 g/mol. The molecule has 0 bridgehead atoms. The lowest BCUT2D eigenvalue weighted by Gasteiger charge is -2.11. The molecular formula is C11H17N5O. The first-order valence-corrected chi connectivity index (χ1v) is 5.70. The lowest BCUT2D eigenvalue weighted by atomic mass is 10.3. The molecule has 1 atom stereocenters. The van der Waals surface area contributed by atoms with Gasteiger partial charge >= 0.3 is 0 Å². The molecule has 2 heterocycles. The minimum absolute atomic E-state index is 0.459. The highest BCUT2D eigenvalue weighted by molar-refractivity contribution is 5.32. The smallest absolute Gasteiger partial charge is 0.148 e. The van der Waals surface area contributed by atoms with E-state index in [2.05, 4.69) is 15.5 Å². The number of aliphatic hydroxyl groups is 1. The van der Waals surface area contributed by atoms with Gasteiger partial charge in [0.05, 0.1) is 12.6 Å². The number of aryl methyl sites for hydroxylation is 1. The summed E-state index contributed by atoms with van der Waals surface area (Å²) in [5, 5.41) is 21.2. The lowest BCUT2D eigenvalue weighted by molar-refractivity contribution is 0.161. The van der Waals surface area contributed by atoms with Crippen LogP contribution in [0.4, 0.5) is 5.82 Å². The third-order valence-electron chi connectivity index (χ3n) is 2.44. The number of nitrogens with one attached hydrogen (secondary N) is 1. The molecule has 0 aliphatic rings. The predicted molar refractivity (Wildman–Crippen MR) is 64.6 cm³/mol. The van der Waals surface area contributed by atoms with Gasteiger partial charge in [-0.15, -0.1) is 0 Å². The highest BCUT2D eigenvalue weighted by Crippen LogP contribution is 2.02. The maximum atomic E-state index is 9.79. The Balaban J connectivity index is 1.77. The summed E-state index contributed by atoms with van der Waals surface area (Å²) >= 11 is 0. The quantitative estimate of drug-likeness (QED) is 0.768. The van der Waals surface area contributed by atoms with Gasteiger partial charge in [-0.1, -0.05) is 0 Å².